The molecule has 11 heavy (non-hydrogen) atoms. The Kier molecular flexibility index (Phi) is 4.65. The van der Waals surface area contributed by atoms with Gasteiger partial charge in [0.2, 0.25) is 5.51 Å². The van der Waals surface area contributed by atoms with E-state index in [1.165, 1.54) is 10.6 Å². The van der Waals surface area contributed by atoms with E-state index in [9.17, 15) is 0 Å². The predicted octanol–water partition coefficient (Wildman–Crippen LogP) is -2.58. The lowest BCUT2D eigenvalue weighted by molar-refractivity contribution is -0.673. The molecule has 0 aliphatic heterocycles. The monoisotopic (exact) mass is 193 g/mol. The van der Waals surface area contributed by atoms with E-state index in [0.29, 0.717) is 0 Å². The van der Waals surface area contributed by atoms with E-state index >= 15 is 0 Å². The summed E-state index contributed by atoms with van der Waals surface area (Å²) in [7, 11) is 2.02. The normalized spacial score (nSPS) is 9.36. The maximum Gasteiger partial charge on any atom is 0.224 e. The second kappa shape index (κ2) is 4.70. The highest BCUT2D eigenvalue weighted by Crippen LogP contribution is 2.09. The van der Waals surface area contributed by atoms with Crippen LogP contribution in [0.5, 0.6) is 0 Å². The van der Waals surface area contributed by atoms with Gasteiger partial charge in [-0.05, 0) is 0 Å². The number of halogens is 1. The Morgan fingerprint density at radius 1 is 1.64 bits per heavy atom. The first-order valence-corrected chi connectivity index (χ1v) is 4.17. The minimum Gasteiger partial charge on any atom is -1.00 e. The summed E-state index contributed by atoms with van der Waals surface area (Å²) in [5.74, 6) is 0. The van der Waals surface area contributed by atoms with Gasteiger partial charge < -0.3 is 17.5 Å². The van der Waals surface area contributed by atoms with Crippen LogP contribution in [0, 0.1) is 6.92 Å². The van der Waals surface area contributed by atoms with Gasteiger partial charge in [-0.25, -0.2) is 0 Å². The molecule has 0 aromatic carbocycles. The van der Waals surface area contributed by atoms with Crippen molar-refractivity contribution >= 4 is 11.3 Å². The van der Waals surface area contributed by atoms with Crippen LogP contribution in [0.25, 0.3) is 0 Å². The van der Waals surface area contributed by atoms with Crippen LogP contribution in [-0.4, -0.2) is 11.7 Å². The van der Waals surface area contributed by atoms with E-state index in [4.69, 9.17) is 5.11 Å². The van der Waals surface area contributed by atoms with Gasteiger partial charge in [0, 0.05) is 20.0 Å². The zero-order valence-corrected chi connectivity index (χ0v) is 8.24. The molecule has 1 N–H and O–H groups in total. The third kappa shape index (κ3) is 2.43. The molecule has 0 bridgehead atoms. The van der Waals surface area contributed by atoms with Crippen molar-refractivity contribution < 1.29 is 22.1 Å². The van der Waals surface area contributed by atoms with Crippen LogP contribution < -0.4 is 17.0 Å². The Bertz CT molecular complexity index is 224. The highest BCUT2D eigenvalue weighted by Gasteiger charge is 2.09. The minimum atomic E-state index is 0. The van der Waals surface area contributed by atoms with Crippen LogP contribution in [0.2, 0.25) is 0 Å². The van der Waals surface area contributed by atoms with Crippen LogP contribution in [-0.2, 0) is 13.5 Å². The molecule has 1 rings (SSSR count). The average molecular weight is 194 g/mol. The Labute approximate surface area is 76.9 Å². The molecule has 0 spiro atoms. The summed E-state index contributed by atoms with van der Waals surface area (Å²) in [6.07, 6.45) is 0.789. The number of aryl methyl sites for hydroxylation is 1. The lowest BCUT2D eigenvalue weighted by Crippen LogP contribution is -3.00. The van der Waals surface area contributed by atoms with Crippen LogP contribution >= 0.6 is 11.3 Å². The molecule has 2 nitrogen and oxygen atoms in total. The van der Waals surface area contributed by atoms with Crippen molar-refractivity contribution in [2.45, 2.75) is 13.3 Å². The molecule has 1 aromatic rings. The van der Waals surface area contributed by atoms with Crippen molar-refractivity contribution in [3.05, 3.63) is 16.1 Å². The topological polar surface area (TPSA) is 24.1 Å². The summed E-state index contributed by atoms with van der Waals surface area (Å²) in [4.78, 5) is 1.28. The SMILES string of the molecule is Cc1c(CCO)sc[n+]1C.[Cl-]. The number of thiazole rings is 1. The maximum absolute atomic E-state index is 8.65. The first kappa shape index (κ1) is 10.9. The lowest BCUT2D eigenvalue weighted by atomic mass is 10.3. The summed E-state index contributed by atoms with van der Waals surface area (Å²) in [5.41, 5.74) is 3.32. The molecule has 1 aromatic heterocycles. The van der Waals surface area contributed by atoms with E-state index < -0.39 is 0 Å². The van der Waals surface area contributed by atoms with Gasteiger partial charge in [0.05, 0.1) is 4.88 Å². The van der Waals surface area contributed by atoms with Crippen molar-refractivity contribution in [1.29, 1.82) is 0 Å². The summed E-state index contributed by atoms with van der Waals surface area (Å²) in [5, 5.41) is 8.65. The quantitative estimate of drug-likeness (QED) is 0.513. The standard InChI is InChI=1S/C7H12NOS.ClH/c1-6-7(3-4-9)10-5-8(6)2;/h5,9H,3-4H2,1-2H3;1H/q+1;/p-1. The molecule has 0 saturated carbocycles. The Morgan fingerprint density at radius 2 is 2.27 bits per heavy atom. The van der Waals surface area contributed by atoms with Crippen LogP contribution in [0.1, 0.15) is 10.6 Å². The second-order valence-electron chi connectivity index (χ2n) is 2.32. The Morgan fingerprint density at radius 3 is 2.64 bits per heavy atom. The minimum absolute atomic E-state index is 0. The van der Waals surface area contributed by atoms with Crippen molar-refractivity contribution in [1.82, 2.24) is 0 Å². The number of hydrogen-bond acceptors (Lipinski definition) is 2. The molecule has 0 atom stereocenters. The lowest BCUT2D eigenvalue weighted by Gasteiger charge is -1.88. The fraction of sp³-hybridized carbons (Fsp3) is 0.571. The number of nitrogens with zero attached hydrogens (tertiary/aromatic N) is 1. The number of hydrogen-bond donors (Lipinski definition) is 1. The van der Waals surface area contributed by atoms with Crippen molar-refractivity contribution in [3.63, 3.8) is 0 Å². The first-order valence-electron chi connectivity index (χ1n) is 3.29. The van der Waals surface area contributed by atoms with Crippen LogP contribution in [0.4, 0.5) is 0 Å². The van der Waals surface area contributed by atoms with E-state index in [-0.39, 0.29) is 19.0 Å². The molecular formula is C7H12ClNOS. The van der Waals surface area contributed by atoms with Gasteiger partial charge in [0.25, 0.3) is 0 Å². The highest BCUT2D eigenvalue weighted by molar-refractivity contribution is 7.09. The molecule has 0 fully saturated rings. The second-order valence-corrected chi connectivity index (χ2v) is 3.26. The van der Waals surface area contributed by atoms with Crippen LogP contribution in [0.15, 0.2) is 5.51 Å². The molecule has 4 heteroatoms. The van der Waals surface area contributed by atoms with Gasteiger partial charge in [-0.3, -0.25) is 0 Å². The van der Waals surface area contributed by atoms with E-state index in [2.05, 4.69) is 17.0 Å². The van der Waals surface area contributed by atoms with Crippen molar-refractivity contribution in [2.24, 2.45) is 7.05 Å². The van der Waals surface area contributed by atoms with Crippen molar-refractivity contribution in [2.75, 3.05) is 6.61 Å². The zero-order chi connectivity index (χ0) is 7.56. The van der Waals surface area contributed by atoms with Crippen molar-refractivity contribution in [3.8, 4) is 0 Å². The number of rotatable bonds is 2. The maximum atomic E-state index is 8.65. The van der Waals surface area contributed by atoms with Gasteiger partial charge in [-0.1, -0.05) is 11.3 Å². The van der Waals surface area contributed by atoms with Gasteiger partial charge in [0.15, 0.2) is 5.69 Å². The largest absolute Gasteiger partial charge is 1.00 e. The summed E-state index contributed by atoms with van der Waals surface area (Å²) < 4.78 is 2.08. The summed E-state index contributed by atoms with van der Waals surface area (Å²) >= 11 is 1.70. The average Bonchev–Trinajstić information content (AvgIpc) is 2.20. The molecule has 0 unspecified atom stereocenters. The first-order chi connectivity index (χ1) is 4.75. The third-order valence-electron chi connectivity index (χ3n) is 1.62. The molecule has 1 heterocycles. The molecule has 0 aliphatic carbocycles. The van der Waals surface area contributed by atoms with Gasteiger partial charge in [-0.15, -0.1) is 0 Å². The molecule has 64 valence electrons. The van der Waals surface area contributed by atoms with Gasteiger partial charge in [-0.2, -0.15) is 4.57 Å². The Hall–Kier alpha value is -0.120. The number of aromatic nitrogens is 1. The summed E-state index contributed by atoms with van der Waals surface area (Å²) in [6, 6.07) is 0. The third-order valence-corrected chi connectivity index (χ3v) is 2.83. The van der Waals surface area contributed by atoms with Crippen LogP contribution in [0.3, 0.4) is 0 Å². The molecule has 0 aliphatic rings. The van der Waals surface area contributed by atoms with E-state index in [0.717, 1.165) is 6.42 Å². The van der Waals surface area contributed by atoms with Gasteiger partial charge >= 0.3 is 0 Å². The fourth-order valence-corrected chi connectivity index (χ4v) is 1.81. The summed E-state index contributed by atoms with van der Waals surface area (Å²) in [6.45, 7) is 2.32. The number of aliphatic hydroxyl groups excluding tert-OH is 1. The van der Waals surface area contributed by atoms with Gasteiger partial charge in [0.1, 0.15) is 7.05 Å². The van der Waals surface area contributed by atoms with E-state index in [1.54, 1.807) is 11.3 Å². The Balaban J connectivity index is 0.000001000. The molecular weight excluding hydrogens is 182 g/mol. The fourth-order valence-electron chi connectivity index (χ4n) is 0.845. The molecule has 0 saturated heterocycles. The predicted molar refractivity (Wildman–Crippen MR) is 41.0 cm³/mol. The number of aliphatic hydroxyl groups is 1. The smallest absolute Gasteiger partial charge is 0.224 e. The molecule has 0 amide bonds. The van der Waals surface area contributed by atoms with E-state index in [1.807, 2.05) is 7.05 Å². The zero-order valence-electron chi connectivity index (χ0n) is 6.67. The highest BCUT2D eigenvalue weighted by atomic mass is 35.5. The molecule has 0 radical (unpaired) electrons.